The summed E-state index contributed by atoms with van der Waals surface area (Å²) in [5.74, 6) is 1.36. The molecule has 3 heteroatoms. The van der Waals surface area contributed by atoms with Crippen LogP contribution in [0.25, 0.3) is 11.1 Å². The van der Waals surface area contributed by atoms with Crippen LogP contribution in [0, 0.1) is 23.7 Å². The second-order valence-electron chi connectivity index (χ2n) is 6.85. The summed E-state index contributed by atoms with van der Waals surface area (Å²) in [6.07, 6.45) is 7.06. The molecule has 0 aliphatic heterocycles. The molecule has 1 saturated carbocycles. The van der Waals surface area contributed by atoms with Gasteiger partial charge in [0.15, 0.2) is 0 Å². The molecule has 0 nitrogen and oxygen atoms in total. The Morgan fingerprint density at radius 3 is 2.42 bits per heavy atom. The van der Waals surface area contributed by atoms with Crippen LogP contribution in [0.3, 0.4) is 0 Å². The van der Waals surface area contributed by atoms with E-state index in [9.17, 15) is 4.39 Å². The molecule has 0 saturated heterocycles. The summed E-state index contributed by atoms with van der Waals surface area (Å²) in [6.45, 7) is 2.33. The number of aryl methyl sites for hydroxylation is 1. The Labute approximate surface area is 199 Å². The monoisotopic (exact) mass is 414 g/mol. The van der Waals surface area contributed by atoms with E-state index in [1.807, 2.05) is 36.4 Å². The average molecular weight is 415 g/mol. The van der Waals surface area contributed by atoms with Crippen molar-refractivity contribution in [1.82, 2.24) is 0 Å². The van der Waals surface area contributed by atoms with Gasteiger partial charge in [-0.05, 0) is 35.8 Å². The van der Waals surface area contributed by atoms with Crippen molar-refractivity contribution < 1.29 is 62.6 Å². The van der Waals surface area contributed by atoms with Crippen molar-refractivity contribution in [2.75, 3.05) is 0 Å². The van der Waals surface area contributed by atoms with Crippen molar-refractivity contribution in [2.45, 2.75) is 45.4 Å². The quantitative estimate of drug-likeness (QED) is 0.668. The predicted molar refractivity (Wildman–Crippen MR) is 95.1 cm³/mol. The van der Waals surface area contributed by atoms with Crippen LogP contribution in [0.1, 0.15) is 44.6 Å². The normalized spacial score (nSPS) is 20.5. The van der Waals surface area contributed by atoms with Gasteiger partial charge < -0.3 is 0 Å². The zero-order valence-corrected chi connectivity index (χ0v) is 20.3. The second kappa shape index (κ2) is 9.97. The van der Waals surface area contributed by atoms with Crippen molar-refractivity contribution in [3.8, 4) is 11.1 Å². The summed E-state index contributed by atoms with van der Waals surface area (Å²) < 4.78 is 14.6. The molecule has 1 aliphatic rings. The van der Waals surface area contributed by atoms with Gasteiger partial charge in [-0.15, -0.1) is 5.56 Å². The summed E-state index contributed by atoms with van der Waals surface area (Å²) in [4.78, 5) is 0. The van der Waals surface area contributed by atoms with Crippen LogP contribution in [0.5, 0.6) is 0 Å². The first kappa shape index (κ1) is 20.8. The van der Waals surface area contributed by atoms with E-state index in [0.717, 1.165) is 41.4 Å². The molecule has 3 rings (SSSR count). The molecule has 0 atom stereocenters. The van der Waals surface area contributed by atoms with Gasteiger partial charge in [0.1, 0.15) is 5.82 Å². The molecular weight excluding hydrogens is 392 g/mol. The fraction of sp³-hybridized carbons (Fsp3) is 0.429. The van der Waals surface area contributed by atoms with Crippen LogP contribution in [0.4, 0.5) is 4.39 Å². The minimum absolute atomic E-state index is 0. The van der Waals surface area contributed by atoms with Gasteiger partial charge in [-0.25, -0.2) is 4.39 Å². The van der Waals surface area contributed by atoms with Crippen molar-refractivity contribution in [3.63, 3.8) is 0 Å². The number of benzene rings is 2. The van der Waals surface area contributed by atoms with E-state index in [0.29, 0.717) is 0 Å². The predicted octanol–water partition coefficient (Wildman–Crippen LogP) is 3.71. The van der Waals surface area contributed by atoms with E-state index < -0.39 is 0 Å². The van der Waals surface area contributed by atoms with Crippen LogP contribution < -0.4 is 58.2 Å². The standard InChI is InChI=1S/C21H23ClF.Rb/c1-15-7-9-16(10-8-15)11-12-18-13-14-19(20(22)21(18)23)17-5-3-2-4-6-17;/h3-6,13-16H,7-12H2,1H3;/q-1;+1. The first-order chi connectivity index (χ1) is 11.1. The largest absolute Gasteiger partial charge is 1.00 e. The third-order valence-corrected chi connectivity index (χ3v) is 5.52. The Morgan fingerprint density at radius 2 is 1.75 bits per heavy atom. The Balaban J connectivity index is 0.00000208. The maximum absolute atomic E-state index is 14.6. The molecule has 1 fully saturated rings. The summed E-state index contributed by atoms with van der Waals surface area (Å²) in [5.41, 5.74) is 2.44. The minimum Gasteiger partial charge on any atom is -0.205 e. The van der Waals surface area contributed by atoms with Gasteiger partial charge in [-0.2, -0.15) is 30.3 Å². The van der Waals surface area contributed by atoms with Crippen LogP contribution in [-0.2, 0) is 6.42 Å². The molecule has 0 unspecified atom stereocenters. The van der Waals surface area contributed by atoms with Crippen molar-refractivity contribution in [3.05, 3.63) is 58.9 Å². The maximum Gasteiger partial charge on any atom is 1.00 e. The molecule has 0 aromatic heterocycles. The van der Waals surface area contributed by atoms with Gasteiger partial charge in [-0.3, -0.25) is 0 Å². The zero-order chi connectivity index (χ0) is 16.2. The number of halogens is 2. The van der Waals surface area contributed by atoms with E-state index in [-0.39, 0.29) is 69.0 Å². The molecule has 2 aromatic rings. The number of rotatable bonds is 4. The van der Waals surface area contributed by atoms with Crippen molar-refractivity contribution >= 4 is 11.6 Å². The van der Waals surface area contributed by atoms with E-state index in [4.69, 9.17) is 11.6 Å². The van der Waals surface area contributed by atoms with Gasteiger partial charge in [-0.1, -0.05) is 56.3 Å². The summed E-state index contributed by atoms with van der Waals surface area (Å²) in [6, 6.07) is 14.3. The molecular formula is C21H23ClFRb. The third-order valence-electron chi connectivity index (χ3n) is 5.15. The first-order valence-corrected chi connectivity index (χ1v) is 8.96. The number of hydrogen-bond donors (Lipinski definition) is 0. The topological polar surface area (TPSA) is 0 Å². The molecule has 0 N–H and O–H groups in total. The number of hydrogen-bond acceptors (Lipinski definition) is 0. The fourth-order valence-corrected chi connectivity index (χ4v) is 3.84. The van der Waals surface area contributed by atoms with Crippen LogP contribution >= 0.6 is 11.6 Å². The van der Waals surface area contributed by atoms with Gasteiger partial charge in [0, 0.05) is 0 Å². The Hall–Kier alpha value is 0.465. The molecule has 0 heterocycles. The Bertz CT molecular complexity index is 648. The molecule has 0 bridgehead atoms. The van der Waals surface area contributed by atoms with E-state index in [1.54, 1.807) is 0 Å². The van der Waals surface area contributed by atoms with Crippen LogP contribution in [0.2, 0.25) is 5.02 Å². The van der Waals surface area contributed by atoms with Crippen molar-refractivity contribution in [2.24, 2.45) is 11.8 Å². The molecule has 1 aliphatic carbocycles. The zero-order valence-electron chi connectivity index (χ0n) is 14.6. The average Bonchev–Trinajstić information content (AvgIpc) is 2.58. The summed E-state index contributed by atoms with van der Waals surface area (Å²) in [7, 11) is 0. The maximum atomic E-state index is 14.6. The minimum atomic E-state index is -0.249. The van der Waals surface area contributed by atoms with Gasteiger partial charge >= 0.3 is 58.2 Å². The molecule has 0 spiro atoms. The fourth-order valence-electron chi connectivity index (χ4n) is 3.55. The smallest absolute Gasteiger partial charge is 0.205 e. The first-order valence-electron chi connectivity index (χ1n) is 8.58. The van der Waals surface area contributed by atoms with Gasteiger partial charge in [0.25, 0.3) is 0 Å². The molecule has 0 radical (unpaired) electrons. The van der Waals surface area contributed by atoms with E-state index >= 15 is 0 Å². The molecule has 0 amide bonds. The summed E-state index contributed by atoms with van der Waals surface area (Å²) >= 11 is 6.29. The Morgan fingerprint density at radius 1 is 1.08 bits per heavy atom. The van der Waals surface area contributed by atoms with E-state index in [1.165, 1.54) is 25.7 Å². The molecule has 24 heavy (non-hydrogen) atoms. The molecule has 122 valence electrons. The van der Waals surface area contributed by atoms with Gasteiger partial charge in [0.05, 0.1) is 5.02 Å². The third kappa shape index (κ3) is 5.24. The summed E-state index contributed by atoms with van der Waals surface area (Å²) in [5, 5.41) is 0.242. The SMILES string of the molecule is CC1CCC(CCc2ccc(-c3cc[c-]cc3)c(Cl)c2F)CC1.[Rb+]. The Kier molecular flexibility index (Phi) is 8.63. The van der Waals surface area contributed by atoms with Crippen molar-refractivity contribution in [1.29, 1.82) is 0 Å². The second-order valence-corrected chi connectivity index (χ2v) is 7.23. The van der Waals surface area contributed by atoms with Gasteiger partial charge in [0.2, 0.25) is 0 Å². The van der Waals surface area contributed by atoms with E-state index in [2.05, 4.69) is 13.0 Å². The van der Waals surface area contributed by atoms with Crippen LogP contribution in [-0.4, -0.2) is 0 Å². The van der Waals surface area contributed by atoms with Crippen LogP contribution in [0.15, 0.2) is 36.4 Å². The molecule has 2 aromatic carbocycles.